The molecule has 0 N–H and O–H groups in total. The lowest BCUT2D eigenvalue weighted by Gasteiger charge is -2.10. The molecule has 1 heterocycles. The molecule has 0 bridgehead atoms. The van der Waals surface area contributed by atoms with Gasteiger partial charge in [0.15, 0.2) is 0 Å². The molecule has 3 nitrogen and oxygen atoms in total. The second-order valence-corrected chi connectivity index (χ2v) is 6.47. The maximum Gasteiger partial charge on any atom is 0.147 e. The minimum atomic E-state index is 0.471. The van der Waals surface area contributed by atoms with Gasteiger partial charge >= 0.3 is 0 Å². The van der Waals surface area contributed by atoms with Gasteiger partial charge in [0.25, 0.3) is 0 Å². The van der Waals surface area contributed by atoms with Crippen LogP contribution in [-0.4, -0.2) is 17.1 Å². The van der Waals surface area contributed by atoms with E-state index in [4.69, 9.17) is 16.3 Å². The van der Waals surface area contributed by atoms with Crippen molar-refractivity contribution in [1.29, 1.82) is 0 Å². The van der Waals surface area contributed by atoms with Gasteiger partial charge < -0.3 is 4.74 Å². The zero-order valence-electron chi connectivity index (χ0n) is 12.4. The molecule has 2 aromatic rings. The summed E-state index contributed by atoms with van der Waals surface area (Å²) in [5, 5.41) is 0.471. The Hall–Kier alpha value is -1.13. The van der Waals surface area contributed by atoms with E-state index in [1.165, 1.54) is 0 Å². The summed E-state index contributed by atoms with van der Waals surface area (Å²) < 4.78 is 6.04. The summed E-state index contributed by atoms with van der Waals surface area (Å²) in [5.41, 5.74) is 2.06. The number of hydrogen-bond acceptors (Lipinski definition) is 3. The van der Waals surface area contributed by atoms with E-state index in [0.717, 1.165) is 33.7 Å². The summed E-state index contributed by atoms with van der Waals surface area (Å²) in [4.78, 5) is 9.00. The summed E-state index contributed by atoms with van der Waals surface area (Å²) in [6, 6.07) is 7.90. The fourth-order valence-electron chi connectivity index (χ4n) is 2.08. The van der Waals surface area contributed by atoms with Crippen LogP contribution in [0.2, 0.25) is 5.15 Å². The van der Waals surface area contributed by atoms with Crippen LogP contribution in [-0.2, 0) is 12.8 Å². The number of ether oxygens (including phenoxy) is 1. The third-order valence-corrected chi connectivity index (χ3v) is 4.36. The van der Waals surface area contributed by atoms with Crippen LogP contribution in [0.5, 0.6) is 5.75 Å². The number of methoxy groups -OCH3 is 1. The molecule has 21 heavy (non-hydrogen) atoms. The number of nitrogens with zero attached hydrogens (tertiary/aromatic N) is 2. The van der Waals surface area contributed by atoms with Crippen LogP contribution in [0, 0.1) is 5.92 Å². The van der Waals surface area contributed by atoms with Crippen LogP contribution in [0.3, 0.4) is 0 Å². The molecule has 0 spiro atoms. The van der Waals surface area contributed by atoms with Gasteiger partial charge in [-0.2, -0.15) is 0 Å². The number of aromatic nitrogens is 2. The van der Waals surface area contributed by atoms with Gasteiger partial charge in [-0.05, 0) is 46.0 Å². The Balaban J connectivity index is 2.29. The van der Waals surface area contributed by atoms with Crippen molar-refractivity contribution in [3.8, 4) is 5.75 Å². The van der Waals surface area contributed by atoms with Gasteiger partial charge in [0.05, 0.1) is 17.3 Å². The van der Waals surface area contributed by atoms with Gasteiger partial charge in [-0.15, -0.1) is 0 Å². The van der Waals surface area contributed by atoms with Crippen molar-refractivity contribution in [1.82, 2.24) is 9.97 Å². The number of hydrogen-bond donors (Lipinski definition) is 0. The van der Waals surface area contributed by atoms with Gasteiger partial charge in [0.2, 0.25) is 0 Å². The summed E-state index contributed by atoms with van der Waals surface area (Å²) in [6.45, 7) is 4.31. The molecule has 0 unspecified atom stereocenters. The van der Waals surface area contributed by atoms with Crippen LogP contribution in [0.4, 0.5) is 0 Å². The van der Waals surface area contributed by atoms with Crippen LogP contribution in [0.25, 0.3) is 0 Å². The molecule has 0 aliphatic carbocycles. The standard InChI is InChI=1S/C16H18BrClN2O/c1-10(2)7-13-15(17)16(18)20-14(19-13)9-11-5-4-6-12(8-11)21-3/h4-6,8,10H,7,9H2,1-3H3. The smallest absolute Gasteiger partial charge is 0.147 e. The second kappa shape index (κ2) is 7.23. The van der Waals surface area contributed by atoms with E-state index in [2.05, 4.69) is 39.7 Å². The van der Waals surface area contributed by atoms with Crippen molar-refractivity contribution in [2.75, 3.05) is 7.11 Å². The fourth-order valence-corrected chi connectivity index (χ4v) is 2.62. The van der Waals surface area contributed by atoms with Crippen LogP contribution in [0.1, 0.15) is 30.9 Å². The average Bonchev–Trinajstić information content (AvgIpc) is 2.44. The highest BCUT2D eigenvalue weighted by Crippen LogP contribution is 2.26. The maximum atomic E-state index is 6.20. The normalized spacial score (nSPS) is 11.0. The highest BCUT2D eigenvalue weighted by molar-refractivity contribution is 9.10. The lowest BCUT2D eigenvalue weighted by atomic mass is 10.1. The van der Waals surface area contributed by atoms with Crippen LogP contribution < -0.4 is 4.74 Å². The Kier molecular flexibility index (Phi) is 5.59. The van der Waals surface area contributed by atoms with Gasteiger partial charge in [-0.3, -0.25) is 0 Å². The van der Waals surface area contributed by atoms with Gasteiger partial charge in [-0.1, -0.05) is 37.6 Å². The average molecular weight is 370 g/mol. The molecule has 0 radical (unpaired) electrons. The molecule has 0 amide bonds. The van der Waals surface area contributed by atoms with Crippen LogP contribution >= 0.6 is 27.5 Å². The molecular weight excluding hydrogens is 352 g/mol. The van der Waals surface area contributed by atoms with Crippen molar-refractivity contribution < 1.29 is 4.74 Å². The molecule has 0 saturated heterocycles. The van der Waals surface area contributed by atoms with Crippen molar-refractivity contribution in [3.05, 3.63) is 51.0 Å². The molecule has 0 aliphatic heterocycles. The molecule has 1 aromatic heterocycles. The Morgan fingerprint density at radius 1 is 1.29 bits per heavy atom. The molecule has 0 saturated carbocycles. The summed E-state index contributed by atoms with van der Waals surface area (Å²) in [5.74, 6) is 2.07. The Bertz CT molecular complexity index is 632. The van der Waals surface area contributed by atoms with E-state index in [9.17, 15) is 0 Å². The monoisotopic (exact) mass is 368 g/mol. The van der Waals surface area contributed by atoms with Crippen LogP contribution in [0.15, 0.2) is 28.7 Å². The topological polar surface area (TPSA) is 35.0 Å². The first-order valence-electron chi connectivity index (χ1n) is 6.83. The van der Waals surface area contributed by atoms with Crippen molar-refractivity contribution in [2.24, 2.45) is 5.92 Å². The first-order chi connectivity index (χ1) is 9.99. The minimum absolute atomic E-state index is 0.471. The molecule has 2 rings (SSSR count). The first-order valence-corrected chi connectivity index (χ1v) is 8.00. The van der Waals surface area contributed by atoms with E-state index >= 15 is 0 Å². The molecule has 1 aromatic carbocycles. The lowest BCUT2D eigenvalue weighted by molar-refractivity contribution is 0.414. The van der Waals surface area contributed by atoms with E-state index in [1.807, 2.05) is 24.3 Å². The quantitative estimate of drug-likeness (QED) is 0.717. The zero-order chi connectivity index (χ0) is 15.4. The molecule has 0 fully saturated rings. The second-order valence-electron chi connectivity index (χ2n) is 5.32. The molecular formula is C16H18BrClN2O. The SMILES string of the molecule is COc1cccc(Cc2nc(Cl)c(Br)c(CC(C)C)n2)c1. The fraction of sp³-hybridized carbons (Fsp3) is 0.375. The molecule has 0 atom stereocenters. The van der Waals surface area contributed by atoms with Gasteiger partial charge in [0.1, 0.15) is 16.7 Å². The Labute approximate surface area is 138 Å². The first kappa shape index (κ1) is 16.2. The number of halogens is 2. The predicted molar refractivity (Wildman–Crippen MR) is 89.1 cm³/mol. The lowest BCUT2D eigenvalue weighted by Crippen LogP contribution is -2.05. The highest BCUT2D eigenvalue weighted by atomic mass is 79.9. The zero-order valence-corrected chi connectivity index (χ0v) is 14.7. The summed E-state index contributed by atoms with van der Waals surface area (Å²) in [7, 11) is 1.66. The van der Waals surface area contributed by atoms with Gasteiger partial charge in [-0.25, -0.2) is 9.97 Å². The van der Waals surface area contributed by atoms with Crippen molar-refractivity contribution in [2.45, 2.75) is 26.7 Å². The summed E-state index contributed by atoms with van der Waals surface area (Å²) >= 11 is 9.68. The van der Waals surface area contributed by atoms with Crippen molar-refractivity contribution >= 4 is 27.5 Å². The van der Waals surface area contributed by atoms with E-state index < -0.39 is 0 Å². The van der Waals surface area contributed by atoms with E-state index in [0.29, 0.717) is 17.5 Å². The minimum Gasteiger partial charge on any atom is -0.497 e. The molecule has 112 valence electrons. The van der Waals surface area contributed by atoms with Crippen molar-refractivity contribution in [3.63, 3.8) is 0 Å². The van der Waals surface area contributed by atoms with E-state index in [-0.39, 0.29) is 0 Å². The predicted octanol–water partition coefficient (Wildman–Crippen LogP) is 4.69. The Morgan fingerprint density at radius 2 is 2.05 bits per heavy atom. The third kappa shape index (κ3) is 4.42. The van der Waals surface area contributed by atoms with Gasteiger partial charge in [0, 0.05) is 6.42 Å². The molecule has 0 aliphatic rings. The summed E-state index contributed by atoms with van der Waals surface area (Å²) in [6.07, 6.45) is 1.50. The molecule has 5 heteroatoms. The third-order valence-electron chi connectivity index (χ3n) is 3.02. The largest absolute Gasteiger partial charge is 0.497 e. The maximum absolute atomic E-state index is 6.20. The number of rotatable bonds is 5. The van der Waals surface area contributed by atoms with E-state index in [1.54, 1.807) is 7.11 Å². The highest BCUT2D eigenvalue weighted by Gasteiger charge is 2.12. The number of benzene rings is 1. The Morgan fingerprint density at radius 3 is 2.71 bits per heavy atom.